The topological polar surface area (TPSA) is 38.3 Å². The number of ketones is 1. The zero-order chi connectivity index (χ0) is 15.8. The molecule has 0 bridgehead atoms. The van der Waals surface area contributed by atoms with Crippen molar-refractivity contribution in [2.45, 2.75) is 26.3 Å². The highest BCUT2D eigenvalue weighted by molar-refractivity contribution is 5.99. The molecule has 0 fully saturated rings. The van der Waals surface area contributed by atoms with Crippen LogP contribution in [0.5, 0.6) is 5.75 Å². The Morgan fingerprint density at radius 1 is 1.09 bits per heavy atom. The summed E-state index contributed by atoms with van der Waals surface area (Å²) in [6.07, 6.45) is 0.918. The van der Waals surface area contributed by atoms with Crippen molar-refractivity contribution in [2.24, 2.45) is 0 Å². The average molecular weight is 297 g/mol. The van der Waals surface area contributed by atoms with E-state index >= 15 is 0 Å². The molecule has 22 heavy (non-hydrogen) atoms. The highest BCUT2D eigenvalue weighted by atomic mass is 16.5. The molecule has 0 aromatic heterocycles. The lowest BCUT2D eigenvalue weighted by Crippen LogP contribution is -2.35. The number of benzene rings is 2. The Labute approximate surface area is 132 Å². The van der Waals surface area contributed by atoms with Crippen LogP contribution in [0.2, 0.25) is 0 Å². The Balaban J connectivity index is 1.83. The van der Waals surface area contributed by atoms with Crippen molar-refractivity contribution >= 4 is 5.78 Å². The van der Waals surface area contributed by atoms with Gasteiger partial charge in [-0.1, -0.05) is 30.3 Å². The number of ether oxygens (including phenoxy) is 1. The number of hydrogen-bond donors (Lipinski definition) is 1. The van der Waals surface area contributed by atoms with Crippen molar-refractivity contribution in [1.29, 1.82) is 0 Å². The maximum atomic E-state index is 12.4. The van der Waals surface area contributed by atoms with Crippen molar-refractivity contribution in [3.05, 3.63) is 65.7 Å². The number of nitrogens with one attached hydrogen (secondary N) is 1. The fourth-order valence-electron chi connectivity index (χ4n) is 2.30. The van der Waals surface area contributed by atoms with Crippen molar-refractivity contribution in [2.75, 3.05) is 13.2 Å². The Bertz CT molecular complexity index is 578. The minimum atomic E-state index is -0.193. The zero-order valence-electron chi connectivity index (χ0n) is 13.2. The summed E-state index contributed by atoms with van der Waals surface area (Å²) in [6, 6.07) is 17.4. The first-order valence-electron chi connectivity index (χ1n) is 7.75. The van der Waals surface area contributed by atoms with Crippen molar-refractivity contribution in [3.8, 4) is 5.75 Å². The van der Waals surface area contributed by atoms with E-state index in [9.17, 15) is 4.79 Å². The van der Waals surface area contributed by atoms with Crippen LogP contribution in [-0.4, -0.2) is 25.0 Å². The van der Waals surface area contributed by atoms with Crippen molar-refractivity contribution < 1.29 is 9.53 Å². The number of Topliss-reactive ketones (excluding diaryl/α,β-unsaturated/α-hetero) is 1. The van der Waals surface area contributed by atoms with E-state index in [1.165, 1.54) is 5.56 Å². The maximum Gasteiger partial charge on any atom is 0.179 e. The summed E-state index contributed by atoms with van der Waals surface area (Å²) in [6.45, 7) is 5.26. The molecule has 3 nitrogen and oxygen atoms in total. The summed E-state index contributed by atoms with van der Waals surface area (Å²) in [7, 11) is 0. The van der Waals surface area contributed by atoms with Gasteiger partial charge in [0, 0.05) is 5.56 Å². The van der Waals surface area contributed by atoms with Gasteiger partial charge in [0.1, 0.15) is 5.75 Å². The van der Waals surface area contributed by atoms with E-state index in [4.69, 9.17) is 4.74 Å². The van der Waals surface area contributed by atoms with Gasteiger partial charge in [-0.2, -0.15) is 0 Å². The van der Waals surface area contributed by atoms with Gasteiger partial charge >= 0.3 is 0 Å². The number of carbonyl (C=O) groups is 1. The molecular formula is C19H23NO2. The van der Waals surface area contributed by atoms with Gasteiger partial charge in [0.05, 0.1) is 12.6 Å². The predicted molar refractivity (Wildman–Crippen MR) is 89.6 cm³/mol. The average Bonchev–Trinajstić information content (AvgIpc) is 2.56. The van der Waals surface area contributed by atoms with Crippen LogP contribution in [0.3, 0.4) is 0 Å². The van der Waals surface area contributed by atoms with Crippen LogP contribution in [0, 0.1) is 0 Å². The number of carbonyl (C=O) groups excluding carboxylic acids is 1. The first-order valence-corrected chi connectivity index (χ1v) is 7.75. The van der Waals surface area contributed by atoms with Gasteiger partial charge in [-0.15, -0.1) is 0 Å². The highest BCUT2D eigenvalue weighted by Crippen LogP contribution is 2.13. The summed E-state index contributed by atoms with van der Waals surface area (Å²) in [5.41, 5.74) is 1.99. The molecule has 0 spiro atoms. The van der Waals surface area contributed by atoms with Crippen LogP contribution in [-0.2, 0) is 6.42 Å². The van der Waals surface area contributed by atoms with E-state index in [1.54, 1.807) is 0 Å². The second-order valence-corrected chi connectivity index (χ2v) is 5.23. The van der Waals surface area contributed by atoms with Crippen LogP contribution in [0.15, 0.2) is 54.6 Å². The van der Waals surface area contributed by atoms with E-state index in [-0.39, 0.29) is 11.8 Å². The molecule has 1 N–H and O–H groups in total. The standard InChI is InChI=1S/C19H23NO2/c1-3-22-18-11-9-17(10-12-18)19(21)15(2)20-14-13-16-7-5-4-6-8-16/h4-12,15,20H,3,13-14H2,1-2H3. The highest BCUT2D eigenvalue weighted by Gasteiger charge is 2.14. The SMILES string of the molecule is CCOc1ccc(C(=O)C(C)NCCc2ccccc2)cc1. The summed E-state index contributed by atoms with van der Waals surface area (Å²) in [4.78, 5) is 12.4. The largest absolute Gasteiger partial charge is 0.494 e. The van der Waals surface area contributed by atoms with E-state index in [0.717, 1.165) is 18.7 Å². The Kier molecular flexibility index (Phi) is 6.16. The molecular weight excluding hydrogens is 274 g/mol. The van der Waals surface area contributed by atoms with Crippen LogP contribution in [0.25, 0.3) is 0 Å². The molecule has 0 aliphatic heterocycles. The molecule has 1 unspecified atom stereocenters. The first kappa shape index (κ1) is 16.2. The fourth-order valence-corrected chi connectivity index (χ4v) is 2.30. The van der Waals surface area contributed by atoms with E-state index < -0.39 is 0 Å². The minimum Gasteiger partial charge on any atom is -0.494 e. The quantitative estimate of drug-likeness (QED) is 0.758. The number of hydrogen-bond acceptors (Lipinski definition) is 3. The van der Waals surface area contributed by atoms with E-state index in [0.29, 0.717) is 12.2 Å². The van der Waals surface area contributed by atoms with Gasteiger partial charge in [-0.3, -0.25) is 4.79 Å². The van der Waals surface area contributed by atoms with E-state index in [1.807, 2.05) is 56.3 Å². The van der Waals surface area contributed by atoms with Crippen LogP contribution >= 0.6 is 0 Å². The molecule has 0 saturated carbocycles. The smallest absolute Gasteiger partial charge is 0.179 e. The molecule has 116 valence electrons. The molecule has 2 rings (SSSR count). The lowest BCUT2D eigenvalue weighted by molar-refractivity contribution is 0.0951. The molecule has 0 heterocycles. The second-order valence-electron chi connectivity index (χ2n) is 5.23. The molecule has 0 aliphatic rings. The maximum absolute atomic E-state index is 12.4. The molecule has 0 aliphatic carbocycles. The normalized spacial score (nSPS) is 11.9. The minimum absolute atomic E-state index is 0.108. The van der Waals surface area contributed by atoms with Gasteiger partial charge < -0.3 is 10.1 Å². The molecule has 1 atom stereocenters. The van der Waals surface area contributed by atoms with Gasteiger partial charge in [0.2, 0.25) is 0 Å². The predicted octanol–water partition coefficient (Wildman–Crippen LogP) is 3.49. The monoisotopic (exact) mass is 297 g/mol. The molecule has 2 aromatic carbocycles. The number of rotatable bonds is 8. The molecule has 0 amide bonds. The molecule has 2 aromatic rings. The third-order valence-corrected chi connectivity index (χ3v) is 3.55. The van der Waals surface area contributed by atoms with E-state index in [2.05, 4.69) is 17.4 Å². The lowest BCUT2D eigenvalue weighted by atomic mass is 10.0. The zero-order valence-corrected chi connectivity index (χ0v) is 13.2. The van der Waals surface area contributed by atoms with Crippen LogP contribution in [0.4, 0.5) is 0 Å². The Morgan fingerprint density at radius 2 is 1.77 bits per heavy atom. The molecule has 0 saturated heterocycles. The van der Waals surface area contributed by atoms with Gasteiger partial charge in [0.25, 0.3) is 0 Å². The van der Waals surface area contributed by atoms with Crippen molar-refractivity contribution in [3.63, 3.8) is 0 Å². The Morgan fingerprint density at radius 3 is 2.41 bits per heavy atom. The van der Waals surface area contributed by atoms with Gasteiger partial charge in [0.15, 0.2) is 5.78 Å². The van der Waals surface area contributed by atoms with Crippen LogP contribution in [0.1, 0.15) is 29.8 Å². The molecule has 3 heteroatoms. The van der Waals surface area contributed by atoms with Gasteiger partial charge in [-0.25, -0.2) is 0 Å². The summed E-state index contributed by atoms with van der Waals surface area (Å²) in [5.74, 6) is 0.903. The van der Waals surface area contributed by atoms with Gasteiger partial charge in [-0.05, 0) is 56.6 Å². The molecule has 0 radical (unpaired) electrons. The lowest BCUT2D eigenvalue weighted by Gasteiger charge is -2.13. The second kappa shape index (κ2) is 8.35. The summed E-state index contributed by atoms with van der Waals surface area (Å²) in [5, 5.41) is 3.29. The summed E-state index contributed by atoms with van der Waals surface area (Å²) < 4.78 is 5.39. The van der Waals surface area contributed by atoms with Crippen LogP contribution < -0.4 is 10.1 Å². The summed E-state index contributed by atoms with van der Waals surface area (Å²) >= 11 is 0. The fraction of sp³-hybridized carbons (Fsp3) is 0.316. The first-order chi connectivity index (χ1) is 10.7. The Hall–Kier alpha value is -2.13. The third-order valence-electron chi connectivity index (χ3n) is 3.55. The third kappa shape index (κ3) is 4.71. The van der Waals surface area contributed by atoms with Crippen molar-refractivity contribution in [1.82, 2.24) is 5.32 Å².